The molecule has 0 saturated heterocycles. The quantitative estimate of drug-likeness (QED) is 0.391. The van der Waals surface area contributed by atoms with Gasteiger partial charge in [-0.3, -0.25) is 0 Å². The molecule has 0 bridgehead atoms. The molecule has 130 valence electrons. The van der Waals surface area contributed by atoms with Gasteiger partial charge >= 0.3 is 0 Å². The lowest BCUT2D eigenvalue weighted by Gasteiger charge is -2.09. The second kappa shape index (κ2) is 9.22. The average Bonchev–Trinajstić information content (AvgIpc) is 3.26. The summed E-state index contributed by atoms with van der Waals surface area (Å²) in [4.78, 5) is 8.84. The van der Waals surface area contributed by atoms with Crippen LogP contribution in [-0.2, 0) is 6.54 Å². The van der Waals surface area contributed by atoms with Crippen molar-refractivity contribution in [2.45, 2.75) is 26.3 Å². The number of guanidine groups is 1. The predicted molar refractivity (Wildman–Crippen MR) is 106 cm³/mol. The van der Waals surface area contributed by atoms with Gasteiger partial charge in [0.25, 0.3) is 0 Å². The average molecular weight is 462 g/mol. The van der Waals surface area contributed by atoms with Crippen molar-refractivity contribution in [3.8, 4) is 11.4 Å². The summed E-state index contributed by atoms with van der Waals surface area (Å²) in [6, 6.07) is 7.37. The molecule has 8 heteroatoms. The van der Waals surface area contributed by atoms with E-state index in [-0.39, 0.29) is 24.0 Å². The van der Waals surface area contributed by atoms with Gasteiger partial charge < -0.3 is 15.2 Å². The van der Waals surface area contributed by atoms with Gasteiger partial charge in [0.05, 0.1) is 0 Å². The van der Waals surface area contributed by atoms with Gasteiger partial charge in [0.15, 0.2) is 5.96 Å². The number of rotatable bonds is 6. The number of hydrogen-bond donors (Lipinski definition) is 2. The number of halogens is 2. The van der Waals surface area contributed by atoms with Crippen molar-refractivity contribution in [2.24, 2.45) is 10.9 Å². The molecule has 0 amide bonds. The van der Waals surface area contributed by atoms with Gasteiger partial charge in [0.1, 0.15) is 6.54 Å². The smallest absolute Gasteiger partial charge is 0.248 e. The van der Waals surface area contributed by atoms with E-state index in [2.05, 4.69) is 25.8 Å². The molecular weight excluding hydrogens is 441 g/mol. The van der Waals surface area contributed by atoms with Crippen LogP contribution in [0.4, 0.5) is 0 Å². The normalized spacial score (nSPS) is 14.2. The van der Waals surface area contributed by atoms with E-state index in [9.17, 15) is 0 Å². The molecule has 1 aliphatic carbocycles. The van der Waals surface area contributed by atoms with Gasteiger partial charge in [0, 0.05) is 23.7 Å². The second-order valence-corrected chi connectivity index (χ2v) is 5.98. The van der Waals surface area contributed by atoms with Crippen molar-refractivity contribution in [3.63, 3.8) is 0 Å². The zero-order chi connectivity index (χ0) is 16.1. The van der Waals surface area contributed by atoms with Crippen LogP contribution in [0.3, 0.4) is 0 Å². The zero-order valence-electron chi connectivity index (χ0n) is 13.5. The Bertz CT molecular complexity index is 687. The van der Waals surface area contributed by atoms with E-state index in [1.165, 1.54) is 12.8 Å². The van der Waals surface area contributed by atoms with Crippen LogP contribution >= 0.6 is 35.6 Å². The van der Waals surface area contributed by atoms with Crippen molar-refractivity contribution in [3.05, 3.63) is 35.2 Å². The molecule has 1 aliphatic rings. The molecule has 0 aliphatic heterocycles. The summed E-state index contributed by atoms with van der Waals surface area (Å²) in [5.74, 6) is 2.57. The van der Waals surface area contributed by atoms with E-state index in [4.69, 9.17) is 16.1 Å². The Balaban J connectivity index is 0.00000208. The lowest BCUT2D eigenvalue weighted by atomic mass is 10.2. The molecule has 0 atom stereocenters. The highest BCUT2D eigenvalue weighted by molar-refractivity contribution is 14.0. The first kappa shape index (κ1) is 19.0. The van der Waals surface area contributed by atoms with E-state index in [1.807, 2.05) is 25.1 Å². The molecule has 1 aromatic carbocycles. The van der Waals surface area contributed by atoms with E-state index >= 15 is 0 Å². The molecule has 24 heavy (non-hydrogen) atoms. The molecular formula is C16H21ClIN5O. The third-order valence-electron chi connectivity index (χ3n) is 3.52. The summed E-state index contributed by atoms with van der Waals surface area (Å²) in [6.07, 6.45) is 2.61. The zero-order valence-corrected chi connectivity index (χ0v) is 16.5. The first-order chi connectivity index (χ1) is 11.2. The van der Waals surface area contributed by atoms with Crippen molar-refractivity contribution in [2.75, 3.05) is 13.1 Å². The van der Waals surface area contributed by atoms with Gasteiger partial charge in [0.2, 0.25) is 11.7 Å². The minimum absolute atomic E-state index is 0. The van der Waals surface area contributed by atoms with Crippen LogP contribution in [0.1, 0.15) is 25.7 Å². The molecule has 3 rings (SSSR count). The van der Waals surface area contributed by atoms with E-state index in [1.54, 1.807) is 6.07 Å². The van der Waals surface area contributed by atoms with Crippen LogP contribution in [0.25, 0.3) is 11.4 Å². The van der Waals surface area contributed by atoms with Crippen LogP contribution in [0.2, 0.25) is 5.02 Å². The van der Waals surface area contributed by atoms with Crippen LogP contribution in [0.5, 0.6) is 0 Å². The molecule has 1 aromatic heterocycles. The SMILES string of the molecule is CCNC(=NCc1nc(-c2cccc(Cl)c2)no1)NCC1CC1.I. The molecule has 1 heterocycles. The summed E-state index contributed by atoms with van der Waals surface area (Å²) >= 11 is 5.98. The van der Waals surface area contributed by atoms with Gasteiger partial charge in [-0.05, 0) is 37.8 Å². The molecule has 1 saturated carbocycles. The third-order valence-corrected chi connectivity index (χ3v) is 3.76. The fourth-order valence-corrected chi connectivity index (χ4v) is 2.31. The maximum atomic E-state index is 5.98. The highest BCUT2D eigenvalue weighted by atomic mass is 127. The van der Waals surface area contributed by atoms with Crippen LogP contribution < -0.4 is 10.6 Å². The lowest BCUT2D eigenvalue weighted by molar-refractivity contribution is 0.380. The fourth-order valence-electron chi connectivity index (χ4n) is 2.12. The summed E-state index contributed by atoms with van der Waals surface area (Å²) in [6.45, 7) is 4.16. The lowest BCUT2D eigenvalue weighted by Crippen LogP contribution is -2.38. The van der Waals surface area contributed by atoms with Gasteiger partial charge in [-0.2, -0.15) is 4.98 Å². The Morgan fingerprint density at radius 1 is 1.38 bits per heavy atom. The fraction of sp³-hybridized carbons (Fsp3) is 0.438. The molecule has 6 nitrogen and oxygen atoms in total. The number of nitrogens with zero attached hydrogens (tertiary/aromatic N) is 3. The summed E-state index contributed by atoms with van der Waals surface area (Å²) < 4.78 is 5.26. The first-order valence-electron chi connectivity index (χ1n) is 7.85. The number of hydrogen-bond acceptors (Lipinski definition) is 4. The molecule has 1 fully saturated rings. The Labute approximate surface area is 163 Å². The number of nitrogens with one attached hydrogen (secondary N) is 2. The van der Waals surface area contributed by atoms with Crippen LogP contribution in [0.15, 0.2) is 33.8 Å². The summed E-state index contributed by atoms with van der Waals surface area (Å²) in [7, 11) is 0. The molecule has 0 radical (unpaired) electrons. The Morgan fingerprint density at radius 3 is 2.92 bits per heavy atom. The second-order valence-electron chi connectivity index (χ2n) is 5.54. The van der Waals surface area contributed by atoms with Crippen LogP contribution in [0, 0.1) is 5.92 Å². The highest BCUT2D eigenvalue weighted by Crippen LogP contribution is 2.27. The summed E-state index contributed by atoms with van der Waals surface area (Å²) in [5, 5.41) is 11.2. The third kappa shape index (κ3) is 5.62. The van der Waals surface area contributed by atoms with Crippen molar-refractivity contribution < 1.29 is 4.52 Å². The number of aliphatic imine (C=N–C) groups is 1. The topological polar surface area (TPSA) is 75.3 Å². The van der Waals surface area contributed by atoms with Gasteiger partial charge in [-0.25, -0.2) is 4.99 Å². The molecule has 2 aromatic rings. The maximum absolute atomic E-state index is 5.98. The Hall–Kier alpha value is -1.35. The van der Waals surface area contributed by atoms with Crippen molar-refractivity contribution in [1.29, 1.82) is 0 Å². The maximum Gasteiger partial charge on any atom is 0.248 e. The highest BCUT2D eigenvalue weighted by Gasteiger charge is 2.21. The molecule has 0 unspecified atom stereocenters. The summed E-state index contributed by atoms with van der Waals surface area (Å²) in [5.41, 5.74) is 0.829. The van der Waals surface area contributed by atoms with Gasteiger partial charge in [-0.15, -0.1) is 24.0 Å². The predicted octanol–water partition coefficient (Wildman–Crippen LogP) is 3.47. The van der Waals surface area contributed by atoms with E-state index < -0.39 is 0 Å². The van der Waals surface area contributed by atoms with Gasteiger partial charge in [-0.1, -0.05) is 28.9 Å². The van der Waals surface area contributed by atoms with Crippen molar-refractivity contribution in [1.82, 2.24) is 20.8 Å². The van der Waals surface area contributed by atoms with Crippen LogP contribution in [-0.4, -0.2) is 29.2 Å². The van der Waals surface area contributed by atoms with E-state index in [0.717, 1.165) is 30.5 Å². The number of aromatic nitrogens is 2. The Kier molecular flexibility index (Phi) is 7.29. The molecule has 0 spiro atoms. The Morgan fingerprint density at radius 2 is 2.21 bits per heavy atom. The first-order valence-corrected chi connectivity index (χ1v) is 8.23. The minimum atomic E-state index is 0. The standard InChI is InChI=1S/C16H20ClN5O.HI/c1-2-18-16(19-9-11-6-7-11)20-10-14-21-15(22-23-14)12-4-3-5-13(17)8-12;/h3-5,8,11H,2,6-7,9-10H2,1H3,(H2,18,19,20);1H. The monoisotopic (exact) mass is 461 g/mol. The molecule has 2 N–H and O–H groups in total. The largest absolute Gasteiger partial charge is 0.357 e. The minimum Gasteiger partial charge on any atom is -0.357 e. The number of benzene rings is 1. The van der Waals surface area contributed by atoms with Crippen molar-refractivity contribution >= 4 is 41.5 Å². The van der Waals surface area contributed by atoms with E-state index in [0.29, 0.717) is 23.3 Å².